The number of aryl methyl sites for hydroxylation is 1. The van der Waals surface area contributed by atoms with Gasteiger partial charge in [0, 0.05) is 18.3 Å². The molecule has 0 aliphatic carbocycles. The standard InChI is InChI=1S/C16H25N3O3S.HI/c1-4-17-16(19-10-13-6-5-7-23-13)18-9-12-8-14(11(2)22-12)15(20)21-3;/h8,13H,4-7,9-10H2,1-3H3,(H2,17,18,19);1H. The summed E-state index contributed by atoms with van der Waals surface area (Å²) < 4.78 is 10.3. The normalized spacial score (nSPS) is 17.3. The third-order valence-corrected chi connectivity index (χ3v) is 5.03. The molecule has 2 N–H and O–H groups in total. The number of methoxy groups -OCH3 is 1. The predicted molar refractivity (Wildman–Crippen MR) is 108 cm³/mol. The van der Waals surface area contributed by atoms with Gasteiger partial charge in [0.15, 0.2) is 5.96 Å². The molecule has 2 rings (SSSR count). The molecule has 1 atom stereocenters. The van der Waals surface area contributed by atoms with Crippen LogP contribution >= 0.6 is 35.7 Å². The van der Waals surface area contributed by atoms with Gasteiger partial charge in [0.05, 0.1) is 7.11 Å². The molecule has 0 saturated carbocycles. The molecule has 1 fully saturated rings. The third-order valence-electron chi connectivity index (χ3n) is 3.63. The second kappa shape index (κ2) is 10.9. The minimum atomic E-state index is -0.384. The van der Waals surface area contributed by atoms with Crippen LogP contribution in [-0.2, 0) is 11.3 Å². The van der Waals surface area contributed by atoms with Crippen molar-refractivity contribution in [2.24, 2.45) is 4.99 Å². The third kappa shape index (κ3) is 6.19. The summed E-state index contributed by atoms with van der Waals surface area (Å²) in [4.78, 5) is 16.1. The number of carbonyl (C=O) groups is 1. The Morgan fingerprint density at radius 3 is 2.92 bits per heavy atom. The molecule has 1 unspecified atom stereocenters. The van der Waals surface area contributed by atoms with Gasteiger partial charge in [-0.1, -0.05) is 0 Å². The number of guanidine groups is 1. The monoisotopic (exact) mass is 467 g/mol. The molecule has 0 radical (unpaired) electrons. The molecule has 1 aromatic rings. The molecule has 6 nitrogen and oxygen atoms in total. The molecule has 1 aromatic heterocycles. The maximum absolute atomic E-state index is 11.6. The van der Waals surface area contributed by atoms with Gasteiger partial charge in [-0.25, -0.2) is 9.79 Å². The Bertz CT molecular complexity index is 557. The number of carbonyl (C=O) groups excluding carboxylic acids is 1. The van der Waals surface area contributed by atoms with E-state index < -0.39 is 0 Å². The quantitative estimate of drug-likeness (QED) is 0.290. The van der Waals surface area contributed by atoms with Crippen LogP contribution in [0.4, 0.5) is 0 Å². The fraction of sp³-hybridized carbons (Fsp3) is 0.625. The molecule has 1 aliphatic rings. The fourth-order valence-electron chi connectivity index (χ4n) is 2.45. The molecular weight excluding hydrogens is 441 g/mol. The van der Waals surface area contributed by atoms with Crippen LogP contribution in [-0.4, -0.2) is 43.1 Å². The summed E-state index contributed by atoms with van der Waals surface area (Å²) in [5.74, 6) is 2.85. The largest absolute Gasteiger partial charge is 0.465 e. The van der Waals surface area contributed by atoms with Gasteiger partial charge in [-0.05, 0) is 38.5 Å². The van der Waals surface area contributed by atoms with Crippen molar-refractivity contribution in [2.45, 2.75) is 38.5 Å². The SMILES string of the molecule is CCNC(=NCc1cc(C(=O)OC)c(C)o1)NCC1CCCS1.I. The van der Waals surface area contributed by atoms with E-state index in [0.717, 1.165) is 19.0 Å². The number of thioether (sulfide) groups is 1. The molecule has 1 aliphatic heterocycles. The Labute approximate surface area is 164 Å². The predicted octanol–water partition coefficient (Wildman–Crippen LogP) is 2.94. The van der Waals surface area contributed by atoms with E-state index in [9.17, 15) is 4.79 Å². The maximum atomic E-state index is 11.6. The lowest BCUT2D eigenvalue weighted by Crippen LogP contribution is -2.40. The molecule has 0 spiro atoms. The number of nitrogens with zero attached hydrogens (tertiary/aromatic N) is 1. The molecule has 1 saturated heterocycles. The van der Waals surface area contributed by atoms with E-state index in [2.05, 4.69) is 15.6 Å². The van der Waals surface area contributed by atoms with Crippen molar-refractivity contribution < 1.29 is 13.9 Å². The molecule has 8 heteroatoms. The van der Waals surface area contributed by atoms with E-state index in [4.69, 9.17) is 9.15 Å². The van der Waals surface area contributed by atoms with Crippen LogP contribution in [0.25, 0.3) is 0 Å². The Kier molecular flexibility index (Phi) is 9.57. The highest BCUT2D eigenvalue weighted by Crippen LogP contribution is 2.25. The average Bonchev–Trinajstić information content (AvgIpc) is 3.19. The maximum Gasteiger partial charge on any atom is 0.341 e. The van der Waals surface area contributed by atoms with Gasteiger partial charge in [-0.2, -0.15) is 11.8 Å². The van der Waals surface area contributed by atoms with Gasteiger partial charge in [0.1, 0.15) is 23.6 Å². The van der Waals surface area contributed by atoms with Crippen LogP contribution in [0.1, 0.15) is 41.6 Å². The Morgan fingerprint density at radius 1 is 1.50 bits per heavy atom. The van der Waals surface area contributed by atoms with E-state index in [-0.39, 0.29) is 29.9 Å². The smallest absolute Gasteiger partial charge is 0.341 e. The highest BCUT2D eigenvalue weighted by atomic mass is 127. The molecule has 0 bridgehead atoms. The van der Waals surface area contributed by atoms with Gasteiger partial charge in [-0.15, -0.1) is 24.0 Å². The number of halogens is 1. The summed E-state index contributed by atoms with van der Waals surface area (Å²) in [6.45, 7) is 5.88. The zero-order valence-corrected chi connectivity index (χ0v) is 17.5. The summed E-state index contributed by atoms with van der Waals surface area (Å²) in [6.07, 6.45) is 2.56. The van der Waals surface area contributed by atoms with Crippen molar-refractivity contribution in [1.29, 1.82) is 0 Å². The first-order valence-corrected chi connectivity index (χ1v) is 9.00. The fourth-order valence-corrected chi connectivity index (χ4v) is 3.65. The first kappa shape index (κ1) is 21.1. The lowest BCUT2D eigenvalue weighted by Gasteiger charge is -2.14. The van der Waals surface area contributed by atoms with Crippen molar-refractivity contribution in [3.63, 3.8) is 0 Å². The average molecular weight is 467 g/mol. The van der Waals surface area contributed by atoms with E-state index in [1.165, 1.54) is 25.7 Å². The minimum absolute atomic E-state index is 0. The zero-order valence-electron chi connectivity index (χ0n) is 14.4. The van der Waals surface area contributed by atoms with Crippen LogP contribution in [0.15, 0.2) is 15.5 Å². The van der Waals surface area contributed by atoms with Gasteiger partial charge in [0.2, 0.25) is 0 Å². The van der Waals surface area contributed by atoms with Gasteiger partial charge >= 0.3 is 5.97 Å². The molecule has 24 heavy (non-hydrogen) atoms. The van der Waals surface area contributed by atoms with Crippen LogP contribution in [0.5, 0.6) is 0 Å². The summed E-state index contributed by atoms with van der Waals surface area (Å²) in [7, 11) is 1.36. The van der Waals surface area contributed by atoms with E-state index in [1.54, 1.807) is 13.0 Å². The van der Waals surface area contributed by atoms with Crippen molar-refractivity contribution in [3.05, 3.63) is 23.2 Å². The number of ether oxygens (including phenoxy) is 1. The number of aliphatic imine (C=N–C) groups is 1. The molecule has 0 amide bonds. The van der Waals surface area contributed by atoms with Crippen molar-refractivity contribution in [1.82, 2.24) is 10.6 Å². The Morgan fingerprint density at radius 2 is 2.29 bits per heavy atom. The summed E-state index contributed by atoms with van der Waals surface area (Å²) in [5.41, 5.74) is 0.456. The van der Waals surface area contributed by atoms with Gasteiger partial charge in [0.25, 0.3) is 0 Å². The lowest BCUT2D eigenvalue weighted by atomic mass is 10.2. The number of esters is 1. The number of hydrogen-bond acceptors (Lipinski definition) is 5. The summed E-state index contributed by atoms with van der Waals surface area (Å²) in [6, 6.07) is 1.70. The van der Waals surface area contributed by atoms with Crippen LogP contribution in [0.3, 0.4) is 0 Å². The molecule has 136 valence electrons. The van der Waals surface area contributed by atoms with E-state index >= 15 is 0 Å². The minimum Gasteiger partial charge on any atom is -0.465 e. The van der Waals surface area contributed by atoms with Crippen LogP contribution < -0.4 is 10.6 Å². The second-order valence-electron chi connectivity index (χ2n) is 5.39. The van der Waals surface area contributed by atoms with Crippen molar-refractivity contribution in [3.8, 4) is 0 Å². The Balaban J connectivity index is 0.00000288. The number of hydrogen-bond donors (Lipinski definition) is 2. The molecular formula is C16H26IN3O3S. The first-order valence-electron chi connectivity index (χ1n) is 7.95. The highest BCUT2D eigenvalue weighted by molar-refractivity contribution is 14.0. The number of nitrogens with one attached hydrogen (secondary N) is 2. The highest BCUT2D eigenvalue weighted by Gasteiger charge is 2.17. The van der Waals surface area contributed by atoms with Crippen molar-refractivity contribution in [2.75, 3.05) is 26.0 Å². The summed E-state index contributed by atoms with van der Waals surface area (Å²) in [5, 5.41) is 7.26. The molecule has 2 heterocycles. The van der Waals surface area contributed by atoms with Crippen LogP contribution in [0, 0.1) is 6.92 Å². The first-order chi connectivity index (χ1) is 11.1. The number of furan rings is 1. The topological polar surface area (TPSA) is 75.9 Å². The molecule has 0 aromatic carbocycles. The van der Waals surface area contributed by atoms with Crippen LogP contribution in [0.2, 0.25) is 0 Å². The summed E-state index contributed by atoms with van der Waals surface area (Å²) >= 11 is 2.01. The van der Waals surface area contributed by atoms with E-state index in [0.29, 0.717) is 28.9 Å². The van der Waals surface area contributed by atoms with Crippen molar-refractivity contribution >= 4 is 47.7 Å². The van der Waals surface area contributed by atoms with Gasteiger partial charge in [-0.3, -0.25) is 0 Å². The zero-order chi connectivity index (χ0) is 16.7. The lowest BCUT2D eigenvalue weighted by molar-refractivity contribution is 0.0599. The van der Waals surface area contributed by atoms with E-state index in [1.807, 2.05) is 18.7 Å². The Hall–Kier alpha value is -0.900. The second-order valence-corrected chi connectivity index (χ2v) is 6.79. The van der Waals surface area contributed by atoms with Gasteiger partial charge < -0.3 is 19.8 Å². The number of rotatable bonds is 6.